The second kappa shape index (κ2) is 9.20. The summed E-state index contributed by atoms with van der Waals surface area (Å²) in [6.45, 7) is 0. The van der Waals surface area contributed by atoms with Crippen LogP contribution in [0.5, 0.6) is 17.2 Å². The smallest absolute Gasteiger partial charge is 0.164 e. The van der Waals surface area contributed by atoms with Gasteiger partial charge in [-0.15, -0.1) is 11.3 Å². The first kappa shape index (κ1) is 20.9. The van der Waals surface area contributed by atoms with Crippen LogP contribution in [0.25, 0.3) is 21.3 Å². The Morgan fingerprint density at radius 2 is 1.68 bits per heavy atom. The van der Waals surface area contributed by atoms with Gasteiger partial charge in [-0.1, -0.05) is 23.7 Å². The molecule has 0 aliphatic heterocycles. The van der Waals surface area contributed by atoms with E-state index >= 15 is 0 Å². The first-order chi connectivity index (χ1) is 15.1. The lowest BCUT2D eigenvalue weighted by Gasteiger charge is -2.11. The molecule has 2 aromatic heterocycles. The van der Waals surface area contributed by atoms with Crippen molar-refractivity contribution in [2.75, 3.05) is 26.8 Å². The second-order valence-corrected chi connectivity index (χ2v) is 7.67. The maximum absolute atomic E-state index is 6.03. The molecule has 0 aliphatic rings. The van der Waals surface area contributed by atoms with E-state index in [0.29, 0.717) is 28.1 Å². The summed E-state index contributed by atoms with van der Waals surface area (Å²) in [7, 11) is 4.74. The Bertz CT molecular complexity index is 1240. The molecule has 0 atom stereocenters. The van der Waals surface area contributed by atoms with E-state index in [4.69, 9.17) is 25.8 Å². The minimum absolute atomic E-state index is 0.577. The molecular formula is C22H19ClN4O3S. The first-order valence-corrected chi connectivity index (χ1v) is 10.5. The Labute approximate surface area is 188 Å². The van der Waals surface area contributed by atoms with Crippen molar-refractivity contribution < 1.29 is 14.2 Å². The van der Waals surface area contributed by atoms with Crippen molar-refractivity contribution in [3.05, 3.63) is 58.7 Å². The number of hydrazone groups is 1. The molecule has 0 aliphatic carbocycles. The quantitative estimate of drug-likeness (QED) is 0.294. The molecule has 2 heterocycles. The first-order valence-electron chi connectivity index (χ1n) is 9.21. The Morgan fingerprint density at radius 3 is 2.39 bits per heavy atom. The van der Waals surface area contributed by atoms with E-state index in [-0.39, 0.29) is 0 Å². The lowest BCUT2D eigenvalue weighted by molar-refractivity contribution is 0.349. The summed E-state index contributed by atoms with van der Waals surface area (Å²) in [5.41, 5.74) is 5.80. The molecule has 0 saturated heterocycles. The van der Waals surface area contributed by atoms with Crippen molar-refractivity contribution >= 4 is 45.2 Å². The highest BCUT2D eigenvalue weighted by Crippen LogP contribution is 2.37. The number of nitrogens with zero attached hydrogens (tertiary/aromatic N) is 3. The maximum Gasteiger partial charge on any atom is 0.164 e. The Morgan fingerprint density at radius 1 is 0.968 bits per heavy atom. The Kier molecular flexibility index (Phi) is 6.20. The van der Waals surface area contributed by atoms with Crippen LogP contribution < -0.4 is 19.6 Å². The van der Waals surface area contributed by atoms with Gasteiger partial charge in [-0.3, -0.25) is 5.43 Å². The molecule has 0 amide bonds. The molecule has 4 rings (SSSR count). The molecule has 0 unspecified atom stereocenters. The van der Waals surface area contributed by atoms with Crippen molar-refractivity contribution in [1.82, 2.24) is 9.97 Å². The fraction of sp³-hybridized carbons (Fsp3) is 0.136. The number of benzene rings is 2. The summed E-state index contributed by atoms with van der Waals surface area (Å²) >= 11 is 7.58. The molecule has 2 aromatic carbocycles. The average molecular weight is 455 g/mol. The van der Waals surface area contributed by atoms with Gasteiger partial charge in [-0.25, -0.2) is 9.97 Å². The summed E-state index contributed by atoms with van der Waals surface area (Å²) in [4.78, 5) is 9.63. The van der Waals surface area contributed by atoms with E-state index < -0.39 is 0 Å². The monoisotopic (exact) mass is 454 g/mol. The van der Waals surface area contributed by atoms with Crippen LogP contribution >= 0.6 is 22.9 Å². The molecule has 0 radical (unpaired) electrons. The standard InChI is InChI=1S/C22H19ClN4O3S/c1-28-17-9-19(30-3)18(29-2)8-14(17)10-26-27-21-20-16(11-31-22(20)25-12-24-21)13-4-6-15(23)7-5-13/h4-12H,1-3H3,(H,24,25,27)/b26-10-. The van der Waals surface area contributed by atoms with Crippen molar-refractivity contribution in [2.24, 2.45) is 5.10 Å². The SMILES string of the molecule is COc1cc(OC)c(OC)cc1/C=N\Nc1ncnc2scc(-c3ccc(Cl)cc3)c12. The van der Waals surface area contributed by atoms with Crippen LogP contribution in [0.2, 0.25) is 5.02 Å². The van der Waals surface area contributed by atoms with Gasteiger partial charge in [0.25, 0.3) is 0 Å². The molecule has 0 fully saturated rings. The third kappa shape index (κ3) is 4.26. The molecule has 0 spiro atoms. The molecule has 0 saturated carbocycles. The number of rotatable bonds is 7. The average Bonchev–Trinajstić information content (AvgIpc) is 3.24. The van der Waals surface area contributed by atoms with Gasteiger partial charge in [-0.2, -0.15) is 5.10 Å². The number of hydrogen-bond donors (Lipinski definition) is 1. The number of methoxy groups -OCH3 is 3. The van der Waals surface area contributed by atoms with E-state index in [9.17, 15) is 0 Å². The summed E-state index contributed by atoms with van der Waals surface area (Å²) in [6.07, 6.45) is 3.16. The number of aromatic nitrogens is 2. The number of anilines is 1. The number of hydrogen-bond acceptors (Lipinski definition) is 8. The van der Waals surface area contributed by atoms with Crippen molar-refractivity contribution in [3.8, 4) is 28.4 Å². The minimum Gasteiger partial charge on any atom is -0.496 e. The molecule has 9 heteroatoms. The van der Waals surface area contributed by atoms with Gasteiger partial charge in [0.15, 0.2) is 17.3 Å². The number of ether oxygens (including phenoxy) is 3. The lowest BCUT2D eigenvalue weighted by Crippen LogP contribution is -1.99. The zero-order chi connectivity index (χ0) is 21.8. The van der Waals surface area contributed by atoms with Crippen LogP contribution in [0.4, 0.5) is 5.82 Å². The van der Waals surface area contributed by atoms with Gasteiger partial charge in [0, 0.05) is 27.6 Å². The van der Waals surface area contributed by atoms with Crippen molar-refractivity contribution in [2.45, 2.75) is 0 Å². The lowest BCUT2D eigenvalue weighted by atomic mass is 10.1. The minimum atomic E-state index is 0.577. The summed E-state index contributed by atoms with van der Waals surface area (Å²) in [5, 5.41) is 8.00. The number of fused-ring (bicyclic) bond motifs is 1. The highest BCUT2D eigenvalue weighted by atomic mass is 35.5. The van der Waals surface area contributed by atoms with Crippen LogP contribution in [0.1, 0.15) is 5.56 Å². The molecular weight excluding hydrogens is 436 g/mol. The predicted octanol–water partition coefficient (Wildman–Crippen LogP) is 5.48. The van der Waals surface area contributed by atoms with Crippen LogP contribution in [0.3, 0.4) is 0 Å². The molecule has 31 heavy (non-hydrogen) atoms. The fourth-order valence-electron chi connectivity index (χ4n) is 3.12. The van der Waals surface area contributed by atoms with Crippen LogP contribution in [-0.2, 0) is 0 Å². The summed E-state index contributed by atoms with van der Waals surface area (Å²) < 4.78 is 16.1. The van der Waals surface area contributed by atoms with Gasteiger partial charge >= 0.3 is 0 Å². The van der Waals surface area contributed by atoms with Gasteiger partial charge in [0.2, 0.25) is 0 Å². The van der Waals surface area contributed by atoms with E-state index in [1.165, 1.54) is 6.33 Å². The van der Waals surface area contributed by atoms with Crippen molar-refractivity contribution in [3.63, 3.8) is 0 Å². The Hall–Kier alpha value is -3.36. The highest BCUT2D eigenvalue weighted by molar-refractivity contribution is 7.17. The molecule has 158 valence electrons. The van der Waals surface area contributed by atoms with E-state index in [1.807, 2.05) is 24.3 Å². The molecule has 4 aromatic rings. The fourth-order valence-corrected chi connectivity index (χ4v) is 4.16. The van der Waals surface area contributed by atoms with Crippen molar-refractivity contribution in [1.29, 1.82) is 0 Å². The summed E-state index contributed by atoms with van der Waals surface area (Å²) in [5.74, 6) is 2.37. The number of thiophene rings is 1. The predicted molar refractivity (Wildman–Crippen MR) is 125 cm³/mol. The normalized spacial score (nSPS) is 11.1. The largest absolute Gasteiger partial charge is 0.496 e. The Balaban J connectivity index is 1.68. The van der Waals surface area contributed by atoms with E-state index in [2.05, 4.69) is 25.9 Å². The van der Waals surface area contributed by atoms with E-state index in [0.717, 1.165) is 26.9 Å². The van der Waals surface area contributed by atoms with Crippen LogP contribution in [0.15, 0.2) is 53.2 Å². The van der Waals surface area contributed by atoms with Gasteiger partial charge < -0.3 is 14.2 Å². The molecule has 1 N–H and O–H groups in total. The van der Waals surface area contributed by atoms with Crippen LogP contribution in [-0.4, -0.2) is 37.5 Å². The maximum atomic E-state index is 6.03. The van der Waals surface area contributed by atoms with Gasteiger partial charge in [-0.05, 0) is 23.8 Å². The highest BCUT2D eigenvalue weighted by Gasteiger charge is 2.14. The zero-order valence-corrected chi connectivity index (χ0v) is 18.6. The van der Waals surface area contributed by atoms with E-state index in [1.54, 1.807) is 51.0 Å². The molecule has 7 nitrogen and oxygen atoms in total. The second-order valence-electron chi connectivity index (χ2n) is 6.38. The third-order valence-electron chi connectivity index (χ3n) is 4.64. The number of halogens is 1. The number of nitrogens with one attached hydrogen (secondary N) is 1. The zero-order valence-electron chi connectivity index (χ0n) is 17.0. The van der Waals surface area contributed by atoms with Crippen LogP contribution in [0, 0.1) is 0 Å². The summed E-state index contributed by atoms with van der Waals surface area (Å²) in [6, 6.07) is 11.2. The van der Waals surface area contributed by atoms with Gasteiger partial charge in [0.1, 0.15) is 16.9 Å². The molecule has 0 bridgehead atoms. The van der Waals surface area contributed by atoms with Gasteiger partial charge in [0.05, 0.1) is 32.9 Å². The topological polar surface area (TPSA) is 77.9 Å². The third-order valence-corrected chi connectivity index (χ3v) is 5.77.